The Morgan fingerprint density at radius 1 is 1.04 bits per heavy atom. The van der Waals surface area contributed by atoms with Crippen molar-refractivity contribution in [2.45, 2.75) is 85.8 Å². The number of carbonyl (C=O) groups excluding carboxylic acids is 2. The highest BCUT2D eigenvalue weighted by Crippen LogP contribution is 2.22. The van der Waals surface area contributed by atoms with Crippen LogP contribution in [0.4, 0.5) is 0 Å². The van der Waals surface area contributed by atoms with E-state index in [1.165, 1.54) is 0 Å². The topological polar surface area (TPSA) is 67.4 Å². The van der Waals surface area contributed by atoms with E-state index in [1.54, 1.807) is 0 Å². The fourth-order valence-corrected chi connectivity index (χ4v) is 2.47. The van der Waals surface area contributed by atoms with Gasteiger partial charge in [-0.05, 0) is 53.5 Å². The zero-order valence-electron chi connectivity index (χ0n) is 17.6. The minimum Gasteiger partial charge on any atom is -0.376 e. The average molecular weight is 357 g/mol. The highest BCUT2D eigenvalue weighted by molar-refractivity contribution is 5.85. The Balaban J connectivity index is 4.07. The summed E-state index contributed by atoms with van der Waals surface area (Å²) >= 11 is 0. The smallest absolute Gasteiger partial charge is 0.225 e. The number of likely N-dealkylation sites (N-methyl/N-ethyl adjacent to an activating group) is 1. The molecule has 0 bridgehead atoms. The zero-order valence-corrected chi connectivity index (χ0v) is 17.6. The van der Waals surface area contributed by atoms with E-state index in [2.05, 4.69) is 10.6 Å². The van der Waals surface area contributed by atoms with Gasteiger partial charge in [-0.2, -0.15) is 0 Å². The first kappa shape index (κ1) is 24.1. The molecule has 0 aromatic heterocycles. The summed E-state index contributed by atoms with van der Waals surface area (Å²) in [5.74, 6) is 0.369. The second-order valence-electron chi connectivity index (χ2n) is 8.74. The van der Waals surface area contributed by atoms with E-state index in [1.807, 2.05) is 55.5 Å². The summed E-state index contributed by atoms with van der Waals surface area (Å²) in [5, 5.41) is 6.11. The first-order valence-electron chi connectivity index (χ1n) is 9.54. The molecule has 1 amide bonds. The predicted octanol–water partition coefficient (Wildman–Crippen LogP) is 3.32. The molecule has 0 radical (unpaired) electrons. The van der Waals surface area contributed by atoms with E-state index < -0.39 is 5.41 Å². The summed E-state index contributed by atoms with van der Waals surface area (Å²) in [6.45, 7) is 15.0. The van der Waals surface area contributed by atoms with E-state index in [-0.39, 0.29) is 29.3 Å². The van der Waals surface area contributed by atoms with Crippen LogP contribution >= 0.6 is 0 Å². The number of ketones is 1. The van der Waals surface area contributed by atoms with Gasteiger partial charge in [0.15, 0.2) is 5.78 Å². The summed E-state index contributed by atoms with van der Waals surface area (Å²) in [6.07, 6.45) is 3.30. The second kappa shape index (κ2) is 10.9. The first-order chi connectivity index (χ1) is 11.4. The van der Waals surface area contributed by atoms with Crippen LogP contribution in [0.15, 0.2) is 0 Å². The number of rotatable bonds is 12. The molecule has 0 rings (SSSR count). The largest absolute Gasteiger partial charge is 0.376 e. The fourth-order valence-electron chi connectivity index (χ4n) is 2.47. The van der Waals surface area contributed by atoms with Crippen molar-refractivity contribution < 1.29 is 14.3 Å². The van der Waals surface area contributed by atoms with Crippen LogP contribution < -0.4 is 10.6 Å². The molecule has 0 saturated carbocycles. The molecule has 0 fully saturated rings. The van der Waals surface area contributed by atoms with Crippen LogP contribution in [0.25, 0.3) is 0 Å². The molecule has 2 N–H and O–H groups in total. The molecule has 0 aromatic rings. The van der Waals surface area contributed by atoms with Crippen LogP contribution in [-0.4, -0.2) is 43.5 Å². The Morgan fingerprint density at radius 3 is 2.12 bits per heavy atom. The number of unbranched alkanes of at least 4 members (excludes halogenated alkanes) is 1. The Morgan fingerprint density at radius 2 is 1.64 bits per heavy atom. The van der Waals surface area contributed by atoms with Crippen molar-refractivity contribution in [3.05, 3.63) is 0 Å². The van der Waals surface area contributed by atoms with E-state index in [4.69, 9.17) is 4.74 Å². The molecule has 0 aliphatic carbocycles. The molecule has 5 heteroatoms. The maximum atomic E-state index is 12.3. The molecule has 25 heavy (non-hydrogen) atoms. The van der Waals surface area contributed by atoms with Gasteiger partial charge >= 0.3 is 0 Å². The van der Waals surface area contributed by atoms with Gasteiger partial charge in [-0.25, -0.2) is 0 Å². The molecule has 5 nitrogen and oxygen atoms in total. The Bertz CT molecular complexity index is 412. The first-order valence-corrected chi connectivity index (χ1v) is 9.54. The van der Waals surface area contributed by atoms with E-state index in [0.717, 1.165) is 19.3 Å². The van der Waals surface area contributed by atoms with Gasteiger partial charge in [0, 0.05) is 24.5 Å². The molecular formula is C20H40N2O3. The van der Waals surface area contributed by atoms with Crippen LogP contribution in [0.2, 0.25) is 0 Å². The molecule has 0 aliphatic rings. The average Bonchev–Trinajstić information content (AvgIpc) is 2.48. The number of ether oxygens (including phenoxy) is 1. The van der Waals surface area contributed by atoms with Crippen molar-refractivity contribution in [3.8, 4) is 0 Å². The van der Waals surface area contributed by atoms with Gasteiger partial charge in [0.25, 0.3) is 0 Å². The Kier molecular flexibility index (Phi) is 10.5. The lowest BCUT2D eigenvalue weighted by Gasteiger charge is -2.26. The summed E-state index contributed by atoms with van der Waals surface area (Å²) in [5.41, 5.74) is -0.615. The third kappa shape index (κ3) is 10.6. The lowest BCUT2D eigenvalue weighted by Crippen LogP contribution is -2.39. The van der Waals surface area contributed by atoms with Gasteiger partial charge in [0.1, 0.15) is 0 Å². The van der Waals surface area contributed by atoms with Crippen LogP contribution in [0.1, 0.15) is 74.1 Å². The minimum absolute atomic E-state index is 0.0493. The Labute approximate surface area is 154 Å². The van der Waals surface area contributed by atoms with Gasteiger partial charge in [-0.15, -0.1) is 0 Å². The third-order valence-electron chi connectivity index (χ3n) is 4.34. The number of Topliss-reactive ketones (excluding diaryl/α,β-unsaturated/α-hetero) is 1. The molecule has 0 saturated heterocycles. The van der Waals surface area contributed by atoms with E-state index in [9.17, 15) is 9.59 Å². The van der Waals surface area contributed by atoms with Crippen molar-refractivity contribution in [1.29, 1.82) is 0 Å². The summed E-state index contributed by atoms with van der Waals surface area (Å²) in [6, 6.07) is -0.0818. The molecule has 0 heterocycles. The number of amides is 1. The fraction of sp³-hybridized carbons (Fsp3) is 0.900. The summed E-state index contributed by atoms with van der Waals surface area (Å²) in [7, 11) is 1.83. The van der Waals surface area contributed by atoms with Crippen molar-refractivity contribution in [2.24, 2.45) is 11.3 Å². The number of nitrogens with one attached hydrogen (secondary N) is 2. The van der Waals surface area contributed by atoms with Crippen LogP contribution in [-0.2, 0) is 14.3 Å². The maximum absolute atomic E-state index is 12.3. The lowest BCUT2D eigenvalue weighted by atomic mass is 9.88. The van der Waals surface area contributed by atoms with Gasteiger partial charge in [0.05, 0.1) is 11.6 Å². The standard InChI is InChI=1S/C20H40N2O3/c1-15(2)17(23)16(21-8)11-9-10-13-22-18(24)20(6,7)12-14-25-19(3,4)5/h15-16,21H,9-14H2,1-8H3,(H,22,24). The minimum atomic E-state index is -0.438. The number of carbonyl (C=O) groups is 2. The van der Waals surface area contributed by atoms with Crippen LogP contribution in [0, 0.1) is 11.3 Å². The van der Waals surface area contributed by atoms with Crippen molar-refractivity contribution in [1.82, 2.24) is 10.6 Å². The quantitative estimate of drug-likeness (QED) is 0.526. The Hall–Kier alpha value is -0.940. The normalized spacial score (nSPS) is 13.8. The summed E-state index contributed by atoms with van der Waals surface area (Å²) in [4.78, 5) is 24.3. The zero-order chi connectivity index (χ0) is 19.7. The summed E-state index contributed by atoms with van der Waals surface area (Å²) < 4.78 is 5.72. The van der Waals surface area contributed by atoms with Gasteiger partial charge in [-0.3, -0.25) is 9.59 Å². The highest BCUT2D eigenvalue weighted by Gasteiger charge is 2.27. The van der Waals surface area contributed by atoms with Crippen molar-refractivity contribution in [2.75, 3.05) is 20.2 Å². The molecule has 0 spiro atoms. The van der Waals surface area contributed by atoms with Crippen LogP contribution in [0.3, 0.4) is 0 Å². The van der Waals surface area contributed by atoms with Gasteiger partial charge in [-0.1, -0.05) is 27.7 Å². The second-order valence-corrected chi connectivity index (χ2v) is 8.74. The van der Waals surface area contributed by atoms with E-state index in [0.29, 0.717) is 19.6 Å². The van der Waals surface area contributed by atoms with Crippen molar-refractivity contribution in [3.63, 3.8) is 0 Å². The monoisotopic (exact) mass is 356 g/mol. The van der Waals surface area contributed by atoms with Crippen LogP contribution in [0.5, 0.6) is 0 Å². The molecule has 0 aliphatic heterocycles. The molecule has 1 atom stereocenters. The molecule has 0 aromatic carbocycles. The van der Waals surface area contributed by atoms with E-state index >= 15 is 0 Å². The lowest BCUT2D eigenvalue weighted by molar-refractivity contribution is -0.131. The van der Waals surface area contributed by atoms with Crippen molar-refractivity contribution >= 4 is 11.7 Å². The number of hydrogen-bond acceptors (Lipinski definition) is 4. The molecular weight excluding hydrogens is 316 g/mol. The third-order valence-corrected chi connectivity index (χ3v) is 4.34. The number of hydrogen-bond donors (Lipinski definition) is 2. The van der Waals surface area contributed by atoms with Gasteiger partial charge in [0.2, 0.25) is 5.91 Å². The maximum Gasteiger partial charge on any atom is 0.225 e. The molecule has 148 valence electrons. The predicted molar refractivity (Wildman–Crippen MR) is 104 cm³/mol. The SMILES string of the molecule is CNC(CCCCNC(=O)C(C)(C)CCOC(C)(C)C)C(=O)C(C)C. The molecule has 1 unspecified atom stereocenters. The van der Waals surface area contributed by atoms with Gasteiger partial charge < -0.3 is 15.4 Å². The highest BCUT2D eigenvalue weighted by atomic mass is 16.5.